The van der Waals surface area contributed by atoms with Crippen LogP contribution in [0.4, 0.5) is 0 Å². The Bertz CT molecular complexity index is 613. The van der Waals surface area contributed by atoms with Crippen molar-refractivity contribution in [3.05, 3.63) is 30.0 Å². The molecule has 0 bridgehead atoms. The van der Waals surface area contributed by atoms with Crippen LogP contribution in [-0.4, -0.2) is 13.0 Å². The number of amides is 1. The van der Waals surface area contributed by atoms with Crippen LogP contribution >= 0.6 is 0 Å². The largest absolute Gasteiger partial charge is 0.493 e. The lowest BCUT2D eigenvalue weighted by atomic mass is 10.2. The molecule has 1 amide bonds. The molecule has 0 spiro atoms. The van der Waals surface area contributed by atoms with Crippen LogP contribution in [0, 0.1) is 5.92 Å². The van der Waals surface area contributed by atoms with Crippen molar-refractivity contribution in [2.75, 3.05) is 7.11 Å². The van der Waals surface area contributed by atoms with Gasteiger partial charge in [0.25, 0.3) is 0 Å². The van der Waals surface area contributed by atoms with Gasteiger partial charge < -0.3 is 14.5 Å². The first-order valence-corrected chi connectivity index (χ1v) is 6.56. The summed E-state index contributed by atoms with van der Waals surface area (Å²) in [5.41, 5.74) is 0.729. The van der Waals surface area contributed by atoms with Gasteiger partial charge in [-0.15, -0.1) is 0 Å². The van der Waals surface area contributed by atoms with Gasteiger partial charge >= 0.3 is 0 Å². The van der Waals surface area contributed by atoms with Crippen molar-refractivity contribution in [3.63, 3.8) is 0 Å². The van der Waals surface area contributed by atoms with E-state index in [4.69, 9.17) is 9.15 Å². The molecule has 1 unspecified atom stereocenters. The van der Waals surface area contributed by atoms with Crippen LogP contribution in [0.5, 0.6) is 5.75 Å². The first kappa shape index (κ1) is 12.1. The van der Waals surface area contributed by atoms with Gasteiger partial charge in [-0.05, 0) is 31.9 Å². The fraction of sp³-hybridized carbons (Fsp3) is 0.400. The maximum absolute atomic E-state index is 11.7. The molecule has 19 heavy (non-hydrogen) atoms. The number of hydrogen-bond donors (Lipinski definition) is 1. The van der Waals surface area contributed by atoms with Crippen LogP contribution in [0.25, 0.3) is 11.0 Å². The predicted molar refractivity (Wildman–Crippen MR) is 72.0 cm³/mol. The SMILES string of the molecule is COc1cccc2cc(C(C)NC(=O)C3CC3)oc12. The van der Waals surface area contributed by atoms with Crippen LogP contribution in [0.2, 0.25) is 0 Å². The number of ether oxygens (including phenoxy) is 1. The van der Waals surface area contributed by atoms with E-state index in [1.165, 1.54) is 0 Å². The third-order valence-corrected chi connectivity index (χ3v) is 3.48. The van der Waals surface area contributed by atoms with E-state index >= 15 is 0 Å². The number of rotatable bonds is 4. The Morgan fingerprint density at radius 3 is 2.95 bits per heavy atom. The molecule has 1 aliphatic carbocycles. The smallest absolute Gasteiger partial charge is 0.223 e. The topological polar surface area (TPSA) is 51.5 Å². The minimum absolute atomic E-state index is 0.120. The Kier molecular flexibility index (Phi) is 2.93. The summed E-state index contributed by atoms with van der Waals surface area (Å²) in [4.78, 5) is 11.7. The van der Waals surface area contributed by atoms with Crippen molar-refractivity contribution in [2.45, 2.75) is 25.8 Å². The average molecular weight is 259 g/mol. The molecule has 1 fully saturated rings. The molecule has 4 nitrogen and oxygen atoms in total. The van der Waals surface area contributed by atoms with Crippen molar-refractivity contribution in [2.24, 2.45) is 5.92 Å². The first-order chi connectivity index (χ1) is 9.19. The minimum atomic E-state index is -0.120. The summed E-state index contributed by atoms with van der Waals surface area (Å²) in [6.07, 6.45) is 2.01. The van der Waals surface area contributed by atoms with Crippen LogP contribution in [-0.2, 0) is 4.79 Å². The number of carbonyl (C=O) groups is 1. The Balaban J connectivity index is 1.85. The summed E-state index contributed by atoms with van der Waals surface area (Å²) in [6, 6.07) is 7.60. The number of para-hydroxylation sites is 1. The highest BCUT2D eigenvalue weighted by atomic mass is 16.5. The van der Waals surface area contributed by atoms with Gasteiger partial charge in [-0.2, -0.15) is 0 Å². The van der Waals surface area contributed by atoms with Crippen LogP contribution < -0.4 is 10.1 Å². The molecular weight excluding hydrogens is 242 g/mol. The van der Waals surface area contributed by atoms with Gasteiger partial charge in [-0.3, -0.25) is 4.79 Å². The summed E-state index contributed by atoms with van der Waals surface area (Å²) in [5, 5.41) is 3.97. The standard InChI is InChI=1S/C15H17NO3/c1-9(16-15(17)10-6-7-10)13-8-11-4-3-5-12(18-2)14(11)19-13/h3-5,8-10H,6-7H2,1-2H3,(H,16,17). The molecule has 0 saturated heterocycles. The highest BCUT2D eigenvalue weighted by Crippen LogP contribution is 2.32. The molecule has 0 radical (unpaired) electrons. The van der Waals surface area contributed by atoms with E-state index in [2.05, 4.69) is 5.32 Å². The minimum Gasteiger partial charge on any atom is -0.493 e. The normalized spacial score (nSPS) is 16.3. The summed E-state index contributed by atoms with van der Waals surface area (Å²) >= 11 is 0. The molecule has 100 valence electrons. The Morgan fingerprint density at radius 2 is 2.26 bits per heavy atom. The number of benzene rings is 1. The van der Waals surface area contributed by atoms with E-state index in [-0.39, 0.29) is 17.9 Å². The maximum Gasteiger partial charge on any atom is 0.223 e. The molecule has 3 rings (SSSR count). The van der Waals surface area contributed by atoms with E-state index in [1.807, 2.05) is 31.2 Å². The second kappa shape index (κ2) is 4.61. The van der Waals surface area contributed by atoms with Gasteiger partial charge in [0.2, 0.25) is 5.91 Å². The Hall–Kier alpha value is -1.97. The highest BCUT2D eigenvalue weighted by molar-refractivity contribution is 5.84. The number of hydrogen-bond acceptors (Lipinski definition) is 3. The van der Waals surface area contributed by atoms with Crippen LogP contribution in [0.3, 0.4) is 0 Å². The second-order valence-corrected chi connectivity index (χ2v) is 5.03. The van der Waals surface area contributed by atoms with Gasteiger partial charge in [0, 0.05) is 11.3 Å². The molecule has 2 aromatic rings. The van der Waals surface area contributed by atoms with Gasteiger partial charge in [0.05, 0.1) is 13.2 Å². The van der Waals surface area contributed by atoms with Crippen molar-refractivity contribution in [1.82, 2.24) is 5.32 Å². The number of methoxy groups -OCH3 is 1. The predicted octanol–water partition coefficient (Wildman–Crippen LogP) is 3.03. The zero-order valence-corrected chi connectivity index (χ0v) is 11.1. The number of furan rings is 1. The molecular formula is C15H17NO3. The lowest BCUT2D eigenvalue weighted by molar-refractivity contribution is -0.123. The van der Waals surface area contributed by atoms with Gasteiger partial charge in [0.15, 0.2) is 11.3 Å². The van der Waals surface area contributed by atoms with E-state index in [9.17, 15) is 4.79 Å². The summed E-state index contributed by atoms with van der Waals surface area (Å²) in [5.74, 6) is 1.80. The molecule has 1 aromatic carbocycles. The third-order valence-electron chi connectivity index (χ3n) is 3.48. The lowest BCUT2D eigenvalue weighted by Gasteiger charge is -2.10. The quantitative estimate of drug-likeness (QED) is 0.918. The molecule has 1 aromatic heterocycles. The number of carbonyl (C=O) groups excluding carboxylic acids is 1. The summed E-state index contributed by atoms with van der Waals surface area (Å²) in [6.45, 7) is 1.93. The van der Waals surface area contributed by atoms with Crippen molar-refractivity contribution < 1.29 is 13.9 Å². The molecule has 1 aliphatic rings. The van der Waals surface area contributed by atoms with E-state index in [0.29, 0.717) is 5.75 Å². The van der Waals surface area contributed by atoms with E-state index in [1.54, 1.807) is 7.11 Å². The summed E-state index contributed by atoms with van der Waals surface area (Å²) < 4.78 is 11.1. The molecule has 0 aliphatic heterocycles. The average Bonchev–Trinajstić information content (AvgIpc) is 3.16. The fourth-order valence-electron chi connectivity index (χ4n) is 2.18. The zero-order chi connectivity index (χ0) is 13.4. The zero-order valence-electron chi connectivity index (χ0n) is 11.1. The monoisotopic (exact) mass is 259 g/mol. The molecule has 1 heterocycles. The lowest BCUT2D eigenvalue weighted by Crippen LogP contribution is -2.27. The van der Waals surface area contributed by atoms with Crippen LogP contribution in [0.15, 0.2) is 28.7 Å². The van der Waals surface area contributed by atoms with Crippen LogP contribution in [0.1, 0.15) is 31.6 Å². The number of fused-ring (bicyclic) bond motifs is 1. The number of nitrogens with one attached hydrogen (secondary N) is 1. The fourth-order valence-corrected chi connectivity index (χ4v) is 2.18. The van der Waals surface area contributed by atoms with Crippen molar-refractivity contribution in [1.29, 1.82) is 0 Å². The maximum atomic E-state index is 11.7. The molecule has 1 N–H and O–H groups in total. The van der Waals surface area contributed by atoms with E-state index in [0.717, 1.165) is 29.6 Å². The van der Waals surface area contributed by atoms with Gasteiger partial charge in [0.1, 0.15) is 5.76 Å². The third kappa shape index (κ3) is 2.30. The first-order valence-electron chi connectivity index (χ1n) is 6.56. The Labute approximate surface area is 111 Å². The van der Waals surface area contributed by atoms with Gasteiger partial charge in [-0.1, -0.05) is 12.1 Å². The van der Waals surface area contributed by atoms with Crippen molar-refractivity contribution >= 4 is 16.9 Å². The molecule has 4 heteroatoms. The summed E-state index contributed by atoms with van der Waals surface area (Å²) in [7, 11) is 1.62. The van der Waals surface area contributed by atoms with Crippen molar-refractivity contribution in [3.8, 4) is 5.75 Å². The molecule has 1 atom stereocenters. The second-order valence-electron chi connectivity index (χ2n) is 5.03. The van der Waals surface area contributed by atoms with E-state index < -0.39 is 0 Å². The highest BCUT2D eigenvalue weighted by Gasteiger charge is 2.30. The Morgan fingerprint density at radius 1 is 1.47 bits per heavy atom. The van der Waals surface area contributed by atoms with Gasteiger partial charge in [-0.25, -0.2) is 0 Å². The molecule has 1 saturated carbocycles.